The first-order valence-corrected chi connectivity index (χ1v) is 5.73. The van der Waals surface area contributed by atoms with Crippen LogP contribution in [0.2, 0.25) is 0 Å². The number of hydrogen-bond donors (Lipinski definition) is 1. The predicted octanol–water partition coefficient (Wildman–Crippen LogP) is 1.23. The molecule has 0 heterocycles. The van der Waals surface area contributed by atoms with Gasteiger partial charge in [-0.25, -0.2) is 0 Å². The summed E-state index contributed by atoms with van der Waals surface area (Å²) in [5, 5.41) is 0. The second-order valence-corrected chi connectivity index (χ2v) is 5.64. The van der Waals surface area contributed by atoms with Crippen molar-refractivity contribution < 1.29 is 19.1 Å². The van der Waals surface area contributed by atoms with Gasteiger partial charge in [-0.05, 0) is 12.3 Å². The lowest BCUT2D eigenvalue weighted by Crippen LogP contribution is -2.45. The summed E-state index contributed by atoms with van der Waals surface area (Å²) in [7, 11) is 0. The molecule has 2 fully saturated rings. The number of fused-ring (bicyclic) bond motifs is 2. The van der Waals surface area contributed by atoms with Crippen LogP contribution in [0.25, 0.3) is 0 Å². The fourth-order valence-electron chi connectivity index (χ4n) is 3.33. The van der Waals surface area contributed by atoms with E-state index in [2.05, 4.69) is 4.79 Å². The standard InChI is InChI=1S/C12H17N2O3/c1-6(15)17-8-5-7-9(14-13)10(16)12(8,4)11(7,2)3/h7-8,13H,5H2,1-4H3/q+1. The Labute approximate surface area is 99.8 Å². The summed E-state index contributed by atoms with van der Waals surface area (Å²) in [6, 6.07) is 0. The van der Waals surface area contributed by atoms with Crippen molar-refractivity contribution >= 4 is 17.5 Å². The van der Waals surface area contributed by atoms with Crippen molar-refractivity contribution in [2.24, 2.45) is 16.7 Å². The number of hydrogen-bond acceptors (Lipinski definition) is 4. The van der Waals surface area contributed by atoms with Crippen LogP contribution in [-0.2, 0) is 14.3 Å². The van der Waals surface area contributed by atoms with Crippen molar-refractivity contribution in [2.45, 2.75) is 40.2 Å². The quantitative estimate of drug-likeness (QED) is 0.423. The highest BCUT2D eigenvalue weighted by molar-refractivity contribution is 6.43. The number of carbonyl (C=O) groups excluding carboxylic acids is 2. The van der Waals surface area contributed by atoms with Crippen molar-refractivity contribution in [3.8, 4) is 0 Å². The van der Waals surface area contributed by atoms with Crippen molar-refractivity contribution in [3.63, 3.8) is 0 Å². The molecule has 5 heteroatoms. The molecule has 2 aliphatic carbocycles. The molecular weight excluding hydrogens is 220 g/mol. The number of nitrogens with one attached hydrogen (secondary N) is 1. The zero-order chi connectivity index (χ0) is 13.0. The molecular formula is C12H17N2O3+. The largest absolute Gasteiger partial charge is 0.461 e. The number of ether oxygens (including phenoxy) is 1. The molecule has 0 aromatic heterocycles. The molecule has 17 heavy (non-hydrogen) atoms. The number of rotatable bonds is 1. The van der Waals surface area contributed by atoms with Crippen molar-refractivity contribution in [1.82, 2.24) is 0 Å². The Kier molecular flexibility index (Phi) is 2.30. The van der Waals surface area contributed by atoms with E-state index in [1.165, 1.54) is 6.92 Å². The molecule has 1 N–H and O–H groups in total. The summed E-state index contributed by atoms with van der Waals surface area (Å²) >= 11 is 0. The first-order chi connectivity index (χ1) is 7.76. The Hall–Kier alpha value is -1.48. The Morgan fingerprint density at radius 3 is 2.47 bits per heavy atom. The lowest BCUT2D eigenvalue weighted by Gasteiger charge is -2.34. The van der Waals surface area contributed by atoms with E-state index in [4.69, 9.17) is 10.3 Å². The van der Waals surface area contributed by atoms with Gasteiger partial charge in [0, 0.05) is 13.3 Å². The minimum absolute atomic E-state index is 0.0816. The van der Waals surface area contributed by atoms with Gasteiger partial charge in [-0.15, -0.1) is 0 Å². The average molecular weight is 237 g/mol. The molecule has 2 rings (SSSR count). The smallest absolute Gasteiger partial charge is 0.388 e. The SMILES string of the molecule is CC(=O)OC1CC2C(=[N+]=N)C(=O)C1(C)C2(C)C. The molecule has 0 aromatic rings. The highest BCUT2D eigenvalue weighted by Crippen LogP contribution is 2.62. The van der Waals surface area contributed by atoms with Crippen LogP contribution in [0.1, 0.15) is 34.1 Å². The zero-order valence-electron chi connectivity index (χ0n) is 10.5. The molecule has 0 saturated heterocycles. The fourth-order valence-corrected chi connectivity index (χ4v) is 3.33. The summed E-state index contributed by atoms with van der Waals surface area (Å²) in [6.45, 7) is 7.14. The maximum atomic E-state index is 12.3. The van der Waals surface area contributed by atoms with Gasteiger partial charge in [0.2, 0.25) is 0 Å². The van der Waals surface area contributed by atoms with Crippen molar-refractivity contribution in [3.05, 3.63) is 0 Å². The molecule has 92 valence electrons. The molecule has 2 bridgehead atoms. The van der Waals surface area contributed by atoms with E-state index in [9.17, 15) is 9.59 Å². The fraction of sp³-hybridized carbons (Fsp3) is 0.750. The molecule has 0 aliphatic heterocycles. The van der Waals surface area contributed by atoms with Gasteiger partial charge in [-0.2, -0.15) is 0 Å². The maximum Gasteiger partial charge on any atom is 0.388 e. The van der Waals surface area contributed by atoms with Crippen LogP contribution in [0.5, 0.6) is 0 Å². The summed E-state index contributed by atoms with van der Waals surface area (Å²) in [5.41, 5.74) is 6.39. The predicted molar refractivity (Wildman–Crippen MR) is 58.5 cm³/mol. The zero-order valence-corrected chi connectivity index (χ0v) is 10.5. The van der Waals surface area contributed by atoms with E-state index in [0.717, 1.165) is 0 Å². The van der Waals surface area contributed by atoms with Crippen molar-refractivity contribution in [1.29, 1.82) is 5.53 Å². The maximum absolute atomic E-state index is 12.3. The molecule has 5 nitrogen and oxygen atoms in total. The normalized spacial score (nSPS) is 38.1. The summed E-state index contributed by atoms with van der Waals surface area (Å²) in [4.78, 5) is 26.8. The van der Waals surface area contributed by atoms with Crippen LogP contribution >= 0.6 is 0 Å². The van der Waals surface area contributed by atoms with Gasteiger partial charge in [0.15, 0.2) is 0 Å². The molecule has 2 aliphatic rings. The lowest BCUT2D eigenvalue weighted by atomic mass is 9.69. The molecule has 3 unspecified atom stereocenters. The van der Waals surface area contributed by atoms with Gasteiger partial charge in [-0.3, -0.25) is 9.59 Å². The van der Waals surface area contributed by atoms with Gasteiger partial charge in [-0.1, -0.05) is 13.8 Å². The molecule has 0 spiro atoms. The summed E-state index contributed by atoms with van der Waals surface area (Å²) in [6.07, 6.45) is 0.199. The average Bonchev–Trinajstić information content (AvgIpc) is 2.48. The van der Waals surface area contributed by atoms with Gasteiger partial charge in [0.25, 0.3) is 5.78 Å². The number of nitrogens with zero attached hydrogens (tertiary/aromatic N) is 1. The Morgan fingerprint density at radius 1 is 1.47 bits per heavy atom. The van der Waals surface area contributed by atoms with Crippen LogP contribution in [0.4, 0.5) is 0 Å². The number of esters is 1. The van der Waals surface area contributed by atoms with Crippen LogP contribution < -0.4 is 0 Å². The third-order valence-electron chi connectivity index (χ3n) is 4.77. The van der Waals surface area contributed by atoms with E-state index < -0.39 is 11.5 Å². The summed E-state index contributed by atoms with van der Waals surface area (Å²) < 4.78 is 5.27. The minimum atomic E-state index is -0.747. The lowest BCUT2D eigenvalue weighted by molar-refractivity contribution is -0.160. The van der Waals surface area contributed by atoms with E-state index >= 15 is 0 Å². The number of Topliss-reactive ketones (excluding diaryl/α,β-unsaturated/α-hetero) is 1. The Bertz CT molecular complexity index is 462. The van der Waals surface area contributed by atoms with Gasteiger partial charge >= 0.3 is 11.7 Å². The number of ketones is 1. The van der Waals surface area contributed by atoms with Crippen LogP contribution in [-0.4, -0.2) is 28.4 Å². The van der Waals surface area contributed by atoms with E-state index in [-0.39, 0.29) is 23.1 Å². The summed E-state index contributed by atoms with van der Waals surface area (Å²) in [5.74, 6) is -0.585. The second-order valence-electron chi connectivity index (χ2n) is 5.64. The topological polar surface area (TPSA) is 81.3 Å². The van der Waals surface area contributed by atoms with E-state index in [0.29, 0.717) is 12.1 Å². The van der Waals surface area contributed by atoms with E-state index in [1.54, 1.807) is 0 Å². The second kappa shape index (κ2) is 3.26. The molecule has 3 atom stereocenters. The van der Waals surface area contributed by atoms with Crippen LogP contribution in [0.15, 0.2) is 0 Å². The van der Waals surface area contributed by atoms with Crippen LogP contribution in [0.3, 0.4) is 0 Å². The monoisotopic (exact) mass is 237 g/mol. The molecule has 0 radical (unpaired) electrons. The van der Waals surface area contributed by atoms with E-state index in [1.807, 2.05) is 20.8 Å². The van der Waals surface area contributed by atoms with Gasteiger partial charge in [0.1, 0.15) is 6.10 Å². The van der Waals surface area contributed by atoms with Gasteiger partial charge < -0.3 is 4.74 Å². The minimum Gasteiger partial charge on any atom is -0.461 e. The number of carbonyl (C=O) groups is 2. The highest BCUT2D eigenvalue weighted by Gasteiger charge is 2.75. The Morgan fingerprint density at radius 2 is 2.06 bits per heavy atom. The molecule has 2 saturated carbocycles. The molecule has 0 amide bonds. The Balaban J connectivity index is 2.49. The first kappa shape index (κ1) is 12.0. The van der Waals surface area contributed by atoms with Crippen molar-refractivity contribution in [2.75, 3.05) is 0 Å². The highest BCUT2D eigenvalue weighted by atomic mass is 16.5. The van der Waals surface area contributed by atoms with Crippen LogP contribution in [0, 0.1) is 22.3 Å². The third kappa shape index (κ3) is 1.20. The first-order valence-electron chi connectivity index (χ1n) is 5.73. The molecule has 0 aromatic carbocycles. The van der Waals surface area contributed by atoms with Gasteiger partial charge in [0.05, 0.1) is 21.7 Å². The third-order valence-corrected chi connectivity index (χ3v) is 4.77.